The van der Waals surface area contributed by atoms with Gasteiger partial charge in [-0.1, -0.05) is 0 Å². The fourth-order valence-electron chi connectivity index (χ4n) is 1.24. The molecule has 1 aromatic rings. The van der Waals surface area contributed by atoms with Crippen LogP contribution in [0.25, 0.3) is 0 Å². The van der Waals surface area contributed by atoms with E-state index in [1.54, 1.807) is 30.3 Å². The minimum atomic E-state index is -0.878. The number of halogens is 1. The van der Waals surface area contributed by atoms with Gasteiger partial charge in [0.1, 0.15) is 5.82 Å². The molecule has 0 aromatic carbocycles. The number of aliphatic carboxylic acids is 1. The van der Waals surface area contributed by atoms with Gasteiger partial charge in [-0.3, -0.25) is 14.5 Å². The first-order valence-corrected chi connectivity index (χ1v) is 6.08. The van der Waals surface area contributed by atoms with Crippen LogP contribution in [0.1, 0.15) is 6.42 Å². The highest BCUT2D eigenvalue weighted by molar-refractivity contribution is 9.10. The lowest BCUT2D eigenvalue weighted by Gasteiger charge is -2.14. The zero-order valence-corrected chi connectivity index (χ0v) is 11.5. The van der Waals surface area contributed by atoms with E-state index in [0.717, 1.165) is 4.47 Å². The van der Waals surface area contributed by atoms with Crippen LogP contribution in [0.3, 0.4) is 0 Å². The molecular weight excluding hydrogens is 302 g/mol. The number of nitrogens with zero attached hydrogens (tertiary/aromatic N) is 2. The summed E-state index contributed by atoms with van der Waals surface area (Å²) in [6.07, 6.45) is 1.60. The van der Waals surface area contributed by atoms with Crippen LogP contribution >= 0.6 is 15.9 Å². The SMILES string of the molecule is CN(CCC(=O)O)CC(=O)Nc1ccc(Br)cn1. The number of pyridine rings is 1. The largest absolute Gasteiger partial charge is 0.481 e. The van der Waals surface area contributed by atoms with E-state index in [4.69, 9.17) is 5.11 Å². The average Bonchev–Trinajstić information content (AvgIpc) is 2.29. The van der Waals surface area contributed by atoms with Crippen molar-refractivity contribution in [1.82, 2.24) is 9.88 Å². The number of nitrogens with one attached hydrogen (secondary N) is 1. The molecule has 1 amide bonds. The first-order chi connectivity index (χ1) is 8.47. The van der Waals surface area contributed by atoms with E-state index >= 15 is 0 Å². The van der Waals surface area contributed by atoms with Gasteiger partial charge in [0.25, 0.3) is 0 Å². The molecule has 2 N–H and O–H groups in total. The molecule has 0 aliphatic rings. The monoisotopic (exact) mass is 315 g/mol. The van der Waals surface area contributed by atoms with Crippen molar-refractivity contribution in [1.29, 1.82) is 0 Å². The number of hydrogen-bond donors (Lipinski definition) is 2. The molecule has 6 nitrogen and oxygen atoms in total. The zero-order valence-electron chi connectivity index (χ0n) is 9.89. The molecule has 0 aliphatic carbocycles. The summed E-state index contributed by atoms with van der Waals surface area (Å²) in [5, 5.41) is 11.1. The number of likely N-dealkylation sites (N-methyl/N-ethyl adjacent to an activating group) is 1. The van der Waals surface area contributed by atoms with Crippen LogP contribution < -0.4 is 5.32 Å². The Balaban J connectivity index is 2.37. The van der Waals surface area contributed by atoms with Crippen LogP contribution in [-0.4, -0.2) is 47.0 Å². The third kappa shape index (κ3) is 5.74. The fourth-order valence-corrected chi connectivity index (χ4v) is 1.48. The van der Waals surface area contributed by atoms with Crippen LogP contribution in [0.5, 0.6) is 0 Å². The predicted octanol–water partition coefficient (Wildman–Crippen LogP) is 1.19. The van der Waals surface area contributed by atoms with Crippen LogP contribution in [-0.2, 0) is 9.59 Å². The second-order valence-corrected chi connectivity index (χ2v) is 4.71. The number of amides is 1. The van der Waals surface area contributed by atoms with Gasteiger partial charge in [-0.2, -0.15) is 0 Å². The van der Waals surface area contributed by atoms with E-state index in [1.807, 2.05) is 0 Å². The Morgan fingerprint density at radius 1 is 1.50 bits per heavy atom. The van der Waals surface area contributed by atoms with Crippen LogP contribution in [0.15, 0.2) is 22.8 Å². The van der Waals surface area contributed by atoms with Gasteiger partial charge in [0, 0.05) is 17.2 Å². The highest BCUT2D eigenvalue weighted by Crippen LogP contribution is 2.10. The number of carbonyl (C=O) groups excluding carboxylic acids is 1. The Kier molecular flexibility index (Phi) is 5.73. The summed E-state index contributed by atoms with van der Waals surface area (Å²) in [5.41, 5.74) is 0. The van der Waals surface area contributed by atoms with Crippen molar-refractivity contribution in [2.45, 2.75) is 6.42 Å². The summed E-state index contributed by atoms with van der Waals surface area (Å²) < 4.78 is 0.832. The maximum Gasteiger partial charge on any atom is 0.304 e. The molecule has 98 valence electrons. The Labute approximate surface area is 113 Å². The summed E-state index contributed by atoms with van der Waals surface area (Å²) in [4.78, 5) is 27.6. The highest BCUT2D eigenvalue weighted by Gasteiger charge is 2.08. The number of rotatable bonds is 6. The van der Waals surface area contributed by atoms with Gasteiger partial charge in [0.2, 0.25) is 5.91 Å². The lowest BCUT2D eigenvalue weighted by molar-refractivity contribution is -0.137. The standard InChI is InChI=1S/C11H14BrN3O3/c1-15(5-4-11(17)18)7-10(16)14-9-3-2-8(12)6-13-9/h2-3,6H,4-5,7H2,1H3,(H,17,18)(H,13,14,16). The lowest BCUT2D eigenvalue weighted by Crippen LogP contribution is -2.31. The molecule has 0 radical (unpaired) electrons. The van der Waals surface area contributed by atoms with Crippen LogP contribution in [0.4, 0.5) is 5.82 Å². The van der Waals surface area contributed by atoms with Crippen molar-refractivity contribution < 1.29 is 14.7 Å². The minimum Gasteiger partial charge on any atom is -0.481 e. The Bertz CT molecular complexity index is 422. The van der Waals surface area contributed by atoms with Crippen LogP contribution in [0, 0.1) is 0 Å². The zero-order chi connectivity index (χ0) is 13.5. The molecule has 0 atom stereocenters. The summed E-state index contributed by atoms with van der Waals surface area (Å²) >= 11 is 3.25. The molecule has 0 fully saturated rings. The average molecular weight is 316 g/mol. The molecule has 0 aliphatic heterocycles. The topological polar surface area (TPSA) is 82.5 Å². The molecule has 18 heavy (non-hydrogen) atoms. The van der Waals surface area contributed by atoms with E-state index < -0.39 is 5.97 Å². The number of carboxylic acids is 1. The fraction of sp³-hybridized carbons (Fsp3) is 0.364. The number of anilines is 1. The van der Waals surface area contributed by atoms with Gasteiger partial charge in [-0.25, -0.2) is 4.98 Å². The van der Waals surface area contributed by atoms with Crippen molar-refractivity contribution in [3.8, 4) is 0 Å². The third-order valence-electron chi connectivity index (χ3n) is 2.12. The Morgan fingerprint density at radius 3 is 2.78 bits per heavy atom. The van der Waals surface area contributed by atoms with Gasteiger partial charge in [-0.15, -0.1) is 0 Å². The highest BCUT2D eigenvalue weighted by atomic mass is 79.9. The maximum atomic E-state index is 11.6. The Morgan fingerprint density at radius 2 is 2.22 bits per heavy atom. The van der Waals surface area contributed by atoms with Crippen molar-refractivity contribution in [2.75, 3.05) is 25.5 Å². The van der Waals surface area contributed by atoms with Gasteiger partial charge in [-0.05, 0) is 35.1 Å². The normalized spacial score (nSPS) is 10.4. The van der Waals surface area contributed by atoms with Gasteiger partial charge < -0.3 is 10.4 Å². The van der Waals surface area contributed by atoms with Gasteiger partial charge in [0.05, 0.1) is 13.0 Å². The van der Waals surface area contributed by atoms with E-state index in [9.17, 15) is 9.59 Å². The van der Waals surface area contributed by atoms with E-state index in [1.165, 1.54) is 0 Å². The summed E-state index contributed by atoms with van der Waals surface area (Å²) in [6.45, 7) is 0.460. The molecule has 0 unspecified atom stereocenters. The first kappa shape index (κ1) is 14.6. The van der Waals surface area contributed by atoms with Crippen LogP contribution in [0.2, 0.25) is 0 Å². The van der Waals surface area contributed by atoms with Gasteiger partial charge >= 0.3 is 5.97 Å². The van der Waals surface area contributed by atoms with E-state index in [-0.39, 0.29) is 18.9 Å². The van der Waals surface area contributed by atoms with Crippen molar-refractivity contribution in [3.63, 3.8) is 0 Å². The minimum absolute atomic E-state index is 0.0142. The number of carboxylic acid groups (broad SMARTS) is 1. The van der Waals surface area contributed by atoms with Crippen molar-refractivity contribution in [3.05, 3.63) is 22.8 Å². The molecule has 1 heterocycles. The molecule has 1 rings (SSSR count). The molecule has 7 heteroatoms. The summed E-state index contributed by atoms with van der Waals surface area (Å²) in [7, 11) is 1.69. The Hall–Kier alpha value is -1.47. The van der Waals surface area contributed by atoms with Crippen molar-refractivity contribution >= 4 is 33.6 Å². The third-order valence-corrected chi connectivity index (χ3v) is 2.58. The quantitative estimate of drug-likeness (QED) is 0.824. The molecule has 0 saturated heterocycles. The number of hydrogen-bond acceptors (Lipinski definition) is 4. The molecule has 0 bridgehead atoms. The predicted molar refractivity (Wildman–Crippen MR) is 70.3 cm³/mol. The second-order valence-electron chi connectivity index (χ2n) is 3.79. The van der Waals surface area contributed by atoms with Crippen molar-refractivity contribution in [2.24, 2.45) is 0 Å². The molecule has 1 aromatic heterocycles. The smallest absolute Gasteiger partial charge is 0.304 e. The maximum absolute atomic E-state index is 11.6. The van der Waals surface area contributed by atoms with E-state index in [0.29, 0.717) is 12.4 Å². The summed E-state index contributed by atoms with van der Waals surface area (Å²) in [6, 6.07) is 3.45. The first-order valence-electron chi connectivity index (χ1n) is 5.29. The molecular formula is C11H14BrN3O3. The number of aromatic nitrogens is 1. The van der Waals surface area contributed by atoms with Gasteiger partial charge in [0.15, 0.2) is 0 Å². The number of carbonyl (C=O) groups is 2. The molecule has 0 saturated carbocycles. The molecule has 0 spiro atoms. The van der Waals surface area contributed by atoms with E-state index in [2.05, 4.69) is 26.2 Å². The summed E-state index contributed by atoms with van der Waals surface area (Å²) in [5.74, 6) is -0.635. The lowest BCUT2D eigenvalue weighted by atomic mass is 10.4. The second kappa shape index (κ2) is 7.07.